The molecule has 2 N–H and O–H groups in total. The van der Waals surface area contributed by atoms with Crippen molar-refractivity contribution in [3.63, 3.8) is 0 Å². The van der Waals surface area contributed by atoms with E-state index in [-0.39, 0.29) is 5.91 Å². The van der Waals surface area contributed by atoms with Crippen LogP contribution in [0, 0.1) is 0 Å². The van der Waals surface area contributed by atoms with Crippen molar-refractivity contribution in [2.45, 2.75) is 0 Å². The van der Waals surface area contributed by atoms with Crippen molar-refractivity contribution in [1.82, 2.24) is 5.32 Å². The molecule has 72 valence electrons. The zero-order chi connectivity index (χ0) is 9.97. The number of rotatable bonds is 0. The SMILES string of the molecule is O=C1N/C(=C\Cl)CNc2ccccc21. The predicted molar refractivity (Wildman–Crippen MR) is 56.3 cm³/mol. The van der Waals surface area contributed by atoms with Crippen molar-refractivity contribution >= 4 is 23.2 Å². The van der Waals surface area contributed by atoms with Gasteiger partial charge in [-0.15, -0.1) is 0 Å². The summed E-state index contributed by atoms with van der Waals surface area (Å²) in [6.45, 7) is 0.534. The molecule has 0 aromatic heterocycles. The number of carbonyl (C=O) groups excluding carboxylic acids is 1. The van der Waals surface area contributed by atoms with E-state index in [2.05, 4.69) is 10.6 Å². The monoisotopic (exact) mass is 208 g/mol. The topological polar surface area (TPSA) is 41.1 Å². The highest BCUT2D eigenvalue weighted by Crippen LogP contribution is 2.18. The zero-order valence-electron chi connectivity index (χ0n) is 7.38. The first kappa shape index (κ1) is 9.09. The van der Waals surface area contributed by atoms with Gasteiger partial charge in [-0.25, -0.2) is 0 Å². The lowest BCUT2D eigenvalue weighted by molar-refractivity contribution is 0.0968. The molecule has 1 amide bonds. The smallest absolute Gasteiger partial charge is 0.257 e. The lowest BCUT2D eigenvalue weighted by Gasteiger charge is -2.03. The fraction of sp³-hybridized carbons (Fsp3) is 0.100. The van der Waals surface area contributed by atoms with Gasteiger partial charge in [-0.1, -0.05) is 23.7 Å². The number of anilines is 1. The summed E-state index contributed by atoms with van der Waals surface area (Å²) in [5.41, 5.74) is 3.52. The third-order valence-corrected chi connectivity index (χ3v) is 2.31. The van der Waals surface area contributed by atoms with E-state index in [1.165, 1.54) is 5.54 Å². The van der Waals surface area contributed by atoms with Gasteiger partial charge in [0.15, 0.2) is 0 Å². The molecular weight excluding hydrogens is 200 g/mol. The molecule has 4 heteroatoms. The van der Waals surface area contributed by atoms with Crippen molar-refractivity contribution in [3.05, 3.63) is 41.1 Å². The van der Waals surface area contributed by atoms with Crippen LogP contribution in [0.4, 0.5) is 5.69 Å². The molecule has 0 atom stereocenters. The highest BCUT2D eigenvalue weighted by atomic mass is 35.5. The van der Waals surface area contributed by atoms with E-state index in [0.717, 1.165) is 5.69 Å². The van der Waals surface area contributed by atoms with Crippen LogP contribution < -0.4 is 10.6 Å². The summed E-state index contributed by atoms with van der Waals surface area (Å²) >= 11 is 5.54. The number of nitrogens with one attached hydrogen (secondary N) is 2. The van der Waals surface area contributed by atoms with Gasteiger partial charge in [-0.05, 0) is 12.1 Å². The minimum Gasteiger partial charge on any atom is -0.379 e. The molecule has 0 unspecified atom stereocenters. The molecule has 1 aliphatic rings. The van der Waals surface area contributed by atoms with Crippen LogP contribution in [0.5, 0.6) is 0 Å². The molecule has 0 fully saturated rings. The first-order valence-electron chi connectivity index (χ1n) is 4.25. The van der Waals surface area contributed by atoms with E-state index in [9.17, 15) is 4.79 Å². The maximum Gasteiger partial charge on any atom is 0.257 e. The van der Waals surface area contributed by atoms with Crippen molar-refractivity contribution < 1.29 is 4.79 Å². The summed E-state index contributed by atoms with van der Waals surface area (Å²) in [4.78, 5) is 11.6. The first-order chi connectivity index (χ1) is 6.81. The maximum atomic E-state index is 11.6. The summed E-state index contributed by atoms with van der Waals surface area (Å²) in [6, 6.07) is 7.35. The van der Waals surface area contributed by atoms with Gasteiger partial charge >= 0.3 is 0 Å². The van der Waals surface area contributed by atoms with Crippen LogP contribution in [0.1, 0.15) is 10.4 Å². The Morgan fingerprint density at radius 2 is 2.14 bits per heavy atom. The van der Waals surface area contributed by atoms with Crippen LogP contribution in [0.2, 0.25) is 0 Å². The average molecular weight is 209 g/mol. The minimum absolute atomic E-state index is 0.127. The second-order valence-electron chi connectivity index (χ2n) is 2.99. The molecular formula is C10H9ClN2O. The van der Waals surface area contributed by atoms with Gasteiger partial charge < -0.3 is 10.6 Å². The molecule has 0 spiro atoms. The number of hydrogen-bond acceptors (Lipinski definition) is 2. The Morgan fingerprint density at radius 3 is 2.93 bits per heavy atom. The molecule has 1 heterocycles. The van der Waals surface area contributed by atoms with Crippen LogP contribution in [0.15, 0.2) is 35.5 Å². The lowest BCUT2D eigenvalue weighted by atomic mass is 10.2. The first-order valence-corrected chi connectivity index (χ1v) is 4.68. The Hall–Kier alpha value is -1.48. The number of benzene rings is 1. The molecule has 3 nitrogen and oxygen atoms in total. The van der Waals surface area contributed by atoms with Gasteiger partial charge in [0, 0.05) is 16.9 Å². The van der Waals surface area contributed by atoms with Crippen LogP contribution in [-0.4, -0.2) is 12.5 Å². The summed E-state index contributed by atoms with van der Waals surface area (Å²) in [7, 11) is 0. The number of para-hydroxylation sites is 1. The van der Waals surface area contributed by atoms with E-state index in [0.29, 0.717) is 17.8 Å². The predicted octanol–water partition coefficient (Wildman–Crippen LogP) is 1.92. The van der Waals surface area contributed by atoms with E-state index < -0.39 is 0 Å². The second kappa shape index (κ2) is 3.72. The number of amides is 1. The van der Waals surface area contributed by atoms with Crippen LogP contribution in [-0.2, 0) is 0 Å². The van der Waals surface area contributed by atoms with Gasteiger partial charge in [0.2, 0.25) is 0 Å². The third-order valence-electron chi connectivity index (χ3n) is 2.05. The average Bonchev–Trinajstić information content (AvgIpc) is 2.39. The summed E-state index contributed by atoms with van der Waals surface area (Å²) < 4.78 is 0. The van der Waals surface area contributed by atoms with Crippen LogP contribution in [0.25, 0.3) is 0 Å². The molecule has 0 radical (unpaired) electrons. The van der Waals surface area contributed by atoms with E-state index in [1.807, 2.05) is 18.2 Å². The molecule has 0 bridgehead atoms. The van der Waals surface area contributed by atoms with Crippen molar-refractivity contribution in [2.75, 3.05) is 11.9 Å². The summed E-state index contributed by atoms with van der Waals surface area (Å²) in [6.07, 6.45) is 0. The van der Waals surface area contributed by atoms with Crippen molar-refractivity contribution in [3.8, 4) is 0 Å². The van der Waals surface area contributed by atoms with E-state index in [1.54, 1.807) is 6.07 Å². The quantitative estimate of drug-likeness (QED) is 0.684. The second-order valence-corrected chi connectivity index (χ2v) is 3.21. The number of halogens is 1. The Bertz CT molecular complexity index is 401. The fourth-order valence-electron chi connectivity index (χ4n) is 1.35. The molecule has 1 aliphatic heterocycles. The number of fused-ring (bicyclic) bond motifs is 1. The third kappa shape index (κ3) is 1.59. The maximum absolute atomic E-state index is 11.6. The molecule has 14 heavy (non-hydrogen) atoms. The van der Waals surface area contributed by atoms with Crippen molar-refractivity contribution in [2.24, 2.45) is 0 Å². The molecule has 0 saturated heterocycles. The molecule has 2 rings (SSSR count). The van der Waals surface area contributed by atoms with E-state index in [4.69, 9.17) is 11.6 Å². The minimum atomic E-state index is -0.127. The normalized spacial score (nSPS) is 18.1. The Labute approximate surface area is 86.8 Å². The molecule has 1 aromatic carbocycles. The van der Waals surface area contributed by atoms with Crippen LogP contribution in [0.3, 0.4) is 0 Å². The van der Waals surface area contributed by atoms with Gasteiger partial charge in [-0.2, -0.15) is 0 Å². The zero-order valence-corrected chi connectivity index (χ0v) is 8.14. The Balaban J connectivity index is 2.41. The molecule has 0 saturated carbocycles. The summed E-state index contributed by atoms with van der Waals surface area (Å²) in [5.74, 6) is -0.127. The lowest BCUT2D eigenvalue weighted by Crippen LogP contribution is -2.22. The van der Waals surface area contributed by atoms with Gasteiger partial charge in [0.1, 0.15) is 0 Å². The van der Waals surface area contributed by atoms with Gasteiger partial charge in [0.05, 0.1) is 12.1 Å². The molecule has 0 aliphatic carbocycles. The van der Waals surface area contributed by atoms with Gasteiger partial charge in [0.25, 0.3) is 5.91 Å². The Kier molecular flexibility index (Phi) is 2.41. The van der Waals surface area contributed by atoms with E-state index >= 15 is 0 Å². The van der Waals surface area contributed by atoms with Gasteiger partial charge in [-0.3, -0.25) is 4.79 Å². The van der Waals surface area contributed by atoms with Crippen molar-refractivity contribution in [1.29, 1.82) is 0 Å². The summed E-state index contributed by atoms with van der Waals surface area (Å²) in [5, 5.41) is 5.83. The largest absolute Gasteiger partial charge is 0.379 e. The fourth-order valence-corrected chi connectivity index (χ4v) is 1.48. The van der Waals surface area contributed by atoms with Crippen LogP contribution >= 0.6 is 11.6 Å². The Morgan fingerprint density at radius 1 is 1.36 bits per heavy atom. The number of carbonyl (C=O) groups is 1. The standard InChI is InChI=1S/C10H9ClN2O/c11-5-7-6-12-9-4-2-1-3-8(9)10(14)13-7/h1-5,12H,6H2,(H,13,14)/b7-5-. The number of hydrogen-bond donors (Lipinski definition) is 2. The highest BCUT2D eigenvalue weighted by molar-refractivity contribution is 6.26. The highest BCUT2D eigenvalue weighted by Gasteiger charge is 2.15. The molecule has 1 aromatic rings.